The van der Waals surface area contributed by atoms with Crippen molar-refractivity contribution in [1.82, 2.24) is 13.9 Å². The van der Waals surface area contributed by atoms with Gasteiger partial charge < -0.3 is 10.3 Å². The van der Waals surface area contributed by atoms with Gasteiger partial charge in [-0.05, 0) is 49.6 Å². The summed E-state index contributed by atoms with van der Waals surface area (Å²) in [4.78, 5) is 27.7. The summed E-state index contributed by atoms with van der Waals surface area (Å²) in [5, 5.41) is 2.86. The lowest BCUT2D eigenvalue weighted by molar-refractivity contribution is -0.115. The van der Waals surface area contributed by atoms with E-state index in [4.69, 9.17) is 0 Å². The van der Waals surface area contributed by atoms with Crippen LogP contribution in [0.4, 0.5) is 5.69 Å². The van der Waals surface area contributed by atoms with Crippen LogP contribution in [0.5, 0.6) is 0 Å². The zero-order chi connectivity index (χ0) is 22.7. The number of aryl methyl sites for hydroxylation is 1. The van der Waals surface area contributed by atoms with Crippen molar-refractivity contribution in [2.45, 2.75) is 37.5 Å². The lowest BCUT2D eigenvalue weighted by atomic mass is 10.1. The summed E-state index contributed by atoms with van der Waals surface area (Å²) in [6, 6.07) is 13.5. The Kier molecular flexibility index (Phi) is 6.29. The Bertz CT molecular complexity index is 1270. The molecule has 8 nitrogen and oxygen atoms in total. The molecule has 32 heavy (non-hydrogen) atoms. The predicted octanol–water partition coefficient (Wildman–Crippen LogP) is 2.83. The van der Waals surface area contributed by atoms with Crippen molar-refractivity contribution >= 4 is 21.6 Å². The molecule has 0 atom stereocenters. The number of imidazole rings is 1. The molecule has 1 aromatic heterocycles. The number of para-hydroxylation sites is 2. The summed E-state index contributed by atoms with van der Waals surface area (Å²) in [7, 11) is -3.50. The molecule has 1 aliphatic heterocycles. The fourth-order valence-corrected chi connectivity index (χ4v) is 5.46. The Morgan fingerprint density at radius 2 is 1.72 bits per heavy atom. The quantitative estimate of drug-likeness (QED) is 0.598. The molecule has 1 amide bonds. The monoisotopic (exact) mass is 454 g/mol. The van der Waals surface area contributed by atoms with E-state index in [1.165, 1.54) is 8.87 Å². The third kappa shape index (κ3) is 4.53. The van der Waals surface area contributed by atoms with E-state index in [-0.39, 0.29) is 22.9 Å². The molecule has 3 aromatic rings. The number of aromatic nitrogens is 2. The van der Waals surface area contributed by atoms with Gasteiger partial charge in [-0.1, -0.05) is 30.7 Å². The van der Waals surface area contributed by atoms with Crippen molar-refractivity contribution in [3.8, 4) is 5.69 Å². The van der Waals surface area contributed by atoms with E-state index in [1.807, 2.05) is 0 Å². The van der Waals surface area contributed by atoms with Crippen LogP contribution >= 0.6 is 0 Å². The van der Waals surface area contributed by atoms with Gasteiger partial charge in [-0.3, -0.25) is 9.36 Å². The lowest BCUT2D eigenvalue weighted by Crippen LogP contribution is -2.35. The molecule has 1 fully saturated rings. The van der Waals surface area contributed by atoms with Gasteiger partial charge in [0.25, 0.3) is 0 Å². The van der Waals surface area contributed by atoms with Crippen molar-refractivity contribution < 1.29 is 13.2 Å². The Balaban J connectivity index is 1.47. The molecule has 0 aliphatic carbocycles. The molecule has 1 saturated heterocycles. The summed E-state index contributed by atoms with van der Waals surface area (Å²) in [5.41, 5.74) is 2.24. The number of H-pyrrole nitrogens is 1. The molecule has 9 heteroatoms. The Labute approximate surface area is 186 Å². The fourth-order valence-electron chi connectivity index (χ4n) is 3.94. The van der Waals surface area contributed by atoms with Crippen molar-refractivity contribution in [2.24, 2.45) is 0 Å². The Morgan fingerprint density at radius 1 is 1.03 bits per heavy atom. The van der Waals surface area contributed by atoms with Crippen LogP contribution in [0.1, 0.15) is 30.5 Å². The molecular formula is C23H26N4O4S. The molecule has 0 unspecified atom stereocenters. The molecular weight excluding hydrogens is 428 g/mol. The lowest BCUT2D eigenvalue weighted by Gasteiger charge is -2.25. The van der Waals surface area contributed by atoms with Crippen molar-refractivity contribution in [3.63, 3.8) is 0 Å². The van der Waals surface area contributed by atoms with Gasteiger partial charge in [-0.25, -0.2) is 13.2 Å². The molecule has 0 saturated carbocycles. The molecule has 2 aromatic carbocycles. The number of hydrogen-bond acceptors (Lipinski definition) is 4. The van der Waals surface area contributed by atoms with Gasteiger partial charge in [0.2, 0.25) is 15.9 Å². The molecule has 168 valence electrons. The highest BCUT2D eigenvalue weighted by atomic mass is 32.2. The van der Waals surface area contributed by atoms with E-state index in [1.54, 1.807) is 61.7 Å². The van der Waals surface area contributed by atoms with Gasteiger partial charge in [0.05, 0.1) is 22.7 Å². The minimum atomic E-state index is -3.50. The second-order valence-electron chi connectivity index (χ2n) is 7.92. The van der Waals surface area contributed by atoms with Crippen LogP contribution in [0.25, 0.3) is 5.69 Å². The topological polar surface area (TPSA) is 104 Å². The zero-order valence-corrected chi connectivity index (χ0v) is 18.7. The normalized spacial score (nSPS) is 14.9. The number of nitrogens with zero attached hydrogens (tertiary/aromatic N) is 2. The number of carbonyl (C=O) groups excluding carboxylic acids is 1. The zero-order valence-electron chi connectivity index (χ0n) is 17.9. The number of carbonyl (C=O) groups is 1. The second-order valence-corrected chi connectivity index (χ2v) is 9.86. The fraction of sp³-hybridized carbons (Fsp3) is 0.304. The van der Waals surface area contributed by atoms with Gasteiger partial charge in [0.15, 0.2) is 0 Å². The number of hydrogen-bond donors (Lipinski definition) is 2. The van der Waals surface area contributed by atoms with Crippen LogP contribution in [0.3, 0.4) is 0 Å². The first-order valence-corrected chi connectivity index (χ1v) is 12.1. The molecule has 0 bridgehead atoms. The number of benzene rings is 2. The van der Waals surface area contributed by atoms with Crippen LogP contribution in [0, 0.1) is 6.92 Å². The first kappa shape index (κ1) is 22.0. The van der Waals surface area contributed by atoms with E-state index >= 15 is 0 Å². The van der Waals surface area contributed by atoms with Crippen molar-refractivity contribution in [3.05, 3.63) is 76.5 Å². The van der Waals surface area contributed by atoms with Gasteiger partial charge in [0, 0.05) is 25.0 Å². The number of amides is 1. The minimum absolute atomic E-state index is 0.0827. The third-order valence-electron chi connectivity index (χ3n) is 5.62. The summed E-state index contributed by atoms with van der Waals surface area (Å²) < 4.78 is 28.6. The molecule has 2 N–H and O–H groups in total. The summed E-state index contributed by atoms with van der Waals surface area (Å²) in [5.74, 6) is -0.259. The number of anilines is 1. The van der Waals surface area contributed by atoms with E-state index in [0.717, 1.165) is 25.0 Å². The van der Waals surface area contributed by atoms with Crippen LogP contribution < -0.4 is 11.0 Å². The Hall–Kier alpha value is -3.17. The van der Waals surface area contributed by atoms with E-state index < -0.39 is 10.0 Å². The molecule has 1 aliphatic rings. The first-order chi connectivity index (χ1) is 15.4. The molecule has 2 heterocycles. The van der Waals surface area contributed by atoms with Crippen LogP contribution in [0.15, 0.2) is 64.4 Å². The van der Waals surface area contributed by atoms with E-state index in [0.29, 0.717) is 30.0 Å². The maximum Gasteiger partial charge on any atom is 0.330 e. The standard InChI is InChI=1S/C23H26N4O4S/c1-17-16-24-23(29)27(17)21-8-4-3-7-20(21)25-22(28)15-18-9-11-19(12-10-18)32(30,31)26-13-5-2-6-14-26/h3-4,7-12,16H,2,5-6,13-15H2,1H3,(H,24,29)(H,25,28). The average molecular weight is 455 g/mol. The van der Waals surface area contributed by atoms with Gasteiger partial charge in [-0.2, -0.15) is 4.31 Å². The molecule has 0 radical (unpaired) electrons. The summed E-state index contributed by atoms with van der Waals surface area (Å²) in [6.07, 6.45) is 4.52. The highest BCUT2D eigenvalue weighted by molar-refractivity contribution is 7.89. The van der Waals surface area contributed by atoms with E-state index in [2.05, 4.69) is 10.3 Å². The number of nitrogens with one attached hydrogen (secondary N) is 2. The van der Waals surface area contributed by atoms with Crippen molar-refractivity contribution in [2.75, 3.05) is 18.4 Å². The maximum absolute atomic E-state index is 12.8. The number of aromatic amines is 1. The summed E-state index contributed by atoms with van der Waals surface area (Å²) in [6.45, 7) is 2.90. The van der Waals surface area contributed by atoms with Crippen LogP contribution in [0.2, 0.25) is 0 Å². The second kappa shape index (κ2) is 9.13. The average Bonchev–Trinajstić information content (AvgIpc) is 3.13. The van der Waals surface area contributed by atoms with Gasteiger partial charge >= 0.3 is 5.69 Å². The van der Waals surface area contributed by atoms with Gasteiger partial charge in [-0.15, -0.1) is 0 Å². The highest BCUT2D eigenvalue weighted by Gasteiger charge is 2.25. The smallest absolute Gasteiger partial charge is 0.324 e. The molecule has 0 spiro atoms. The number of sulfonamides is 1. The van der Waals surface area contributed by atoms with Crippen molar-refractivity contribution in [1.29, 1.82) is 0 Å². The predicted molar refractivity (Wildman–Crippen MR) is 123 cm³/mol. The minimum Gasteiger partial charge on any atom is -0.324 e. The summed E-state index contributed by atoms with van der Waals surface area (Å²) >= 11 is 0. The van der Waals surface area contributed by atoms with E-state index in [9.17, 15) is 18.0 Å². The molecule has 4 rings (SSSR count). The van der Waals surface area contributed by atoms with Crippen LogP contribution in [-0.4, -0.2) is 41.3 Å². The highest BCUT2D eigenvalue weighted by Crippen LogP contribution is 2.22. The third-order valence-corrected chi connectivity index (χ3v) is 7.53. The maximum atomic E-state index is 12.8. The van der Waals surface area contributed by atoms with Gasteiger partial charge in [0.1, 0.15) is 0 Å². The Morgan fingerprint density at radius 3 is 2.38 bits per heavy atom. The first-order valence-electron chi connectivity index (χ1n) is 10.6. The largest absolute Gasteiger partial charge is 0.330 e. The SMILES string of the molecule is Cc1c[nH]c(=O)n1-c1ccccc1NC(=O)Cc1ccc(S(=O)(=O)N2CCCCC2)cc1. The number of rotatable bonds is 6. The van der Waals surface area contributed by atoms with Crippen LogP contribution in [-0.2, 0) is 21.2 Å². The number of piperidine rings is 1.